The molecule has 0 unspecified atom stereocenters. The Bertz CT molecular complexity index is 174. The zero-order chi connectivity index (χ0) is 13.7. The van der Waals surface area contributed by atoms with Crippen molar-refractivity contribution in [3.8, 4) is 0 Å². The second kappa shape index (κ2) is 14.5. The minimum atomic E-state index is -1.83. The summed E-state index contributed by atoms with van der Waals surface area (Å²) in [5, 5.41) is 0. The lowest BCUT2D eigenvalue weighted by molar-refractivity contribution is 0.188. The third kappa shape index (κ3) is 12.8. The topological polar surface area (TPSA) is 18.5 Å². The molecule has 0 radical (unpaired) electrons. The third-order valence-corrected chi connectivity index (χ3v) is 6.44. The summed E-state index contributed by atoms with van der Waals surface area (Å²) in [7, 11) is -1.83. The Morgan fingerprint density at radius 2 is 1.11 bits per heavy atom. The van der Waals surface area contributed by atoms with Crippen LogP contribution in [-0.4, -0.2) is 21.8 Å². The van der Waals surface area contributed by atoms with Crippen molar-refractivity contribution in [3.05, 3.63) is 0 Å². The zero-order valence-corrected chi connectivity index (χ0v) is 14.5. The molecule has 0 aliphatic carbocycles. The lowest BCUT2D eigenvalue weighted by Gasteiger charge is -2.25. The van der Waals surface area contributed by atoms with Gasteiger partial charge in [0.05, 0.1) is 0 Å². The molecule has 0 aromatic carbocycles. The van der Waals surface area contributed by atoms with Gasteiger partial charge in [0.1, 0.15) is 0 Å². The highest BCUT2D eigenvalue weighted by Gasteiger charge is 2.29. The first-order valence-electron chi connectivity index (χ1n) is 7.96. The van der Waals surface area contributed by atoms with Crippen LogP contribution in [0.25, 0.3) is 0 Å². The van der Waals surface area contributed by atoms with Gasteiger partial charge in [0.2, 0.25) is 0 Å². The molecule has 0 saturated carbocycles. The van der Waals surface area contributed by atoms with E-state index < -0.39 is 8.56 Å². The largest absolute Gasteiger partial charge is 0.395 e. The fraction of sp³-hybridized carbons (Fsp3) is 1.00. The van der Waals surface area contributed by atoms with E-state index in [-0.39, 0.29) is 4.70 Å². The summed E-state index contributed by atoms with van der Waals surface area (Å²) in [5.74, 6) is 0. The molecule has 0 N–H and O–H groups in total. The van der Waals surface area contributed by atoms with Gasteiger partial charge in [-0.3, -0.25) is 4.70 Å². The first kappa shape index (κ1) is 21.4. The van der Waals surface area contributed by atoms with Gasteiger partial charge in [0.15, 0.2) is 0 Å². The summed E-state index contributed by atoms with van der Waals surface area (Å²) in [6, 6.07) is 1.16. The lowest BCUT2D eigenvalue weighted by atomic mass is 10.1. The van der Waals surface area contributed by atoms with Crippen molar-refractivity contribution >= 4 is 8.56 Å². The molecule has 4 heteroatoms. The summed E-state index contributed by atoms with van der Waals surface area (Å²) in [5.41, 5.74) is 0. The summed E-state index contributed by atoms with van der Waals surface area (Å²) in [6.45, 7) is 10.2. The van der Waals surface area contributed by atoms with Gasteiger partial charge in [0, 0.05) is 13.2 Å². The summed E-state index contributed by atoms with van der Waals surface area (Å²) in [6.07, 6.45) is 11.0. The predicted octanol–water partition coefficient (Wildman–Crippen LogP) is 5.42. The monoisotopic (exact) mass is 294 g/mol. The van der Waals surface area contributed by atoms with Crippen molar-refractivity contribution in [2.45, 2.75) is 84.7 Å². The highest BCUT2D eigenvalue weighted by molar-refractivity contribution is 6.66. The van der Waals surface area contributed by atoms with Gasteiger partial charge in [-0.1, -0.05) is 58.3 Å². The fourth-order valence-electron chi connectivity index (χ4n) is 2.38. The van der Waals surface area contributed by atoms with Crippen LogP contribution in [0.5, 0.6) is 0 Å². The Kier molecular flexibility index (Phi) is 16.3. The molecule has 0 bridgehead atoms. The maximum absolute atomic E-state index is 5.85. The first-order chi connectivity index (χ1) is 8.68. The Morgan fingerprint density at radius 3 is 1.53 bits per heavy atom. The summed E-state index contributed by atoms with van der Waals surface area (Å²) < 4.78 is 11.7. The van der Waals surface area contributed by atoms with Crippen molar-refractivity contribution < 1.29 is 13.6 Å². The maximum atomic E-state index is 5.85. The zero-order valence-electron chi connectivity index (χ0n) is 13.5. The molecular formula is C15H35FO2Si. The molecule has 0 amide bonds. The van der Waals surface area contributed by atoms with E-state index in [2.05, 4.69) is 27.3 Å². The standard InChI is InChI=1S/C15H34O2Si.FH/c1-5-8-9-10-11-12-13-14-15-18(4,16-6-2)17-7-3;/h5-15H2,1-4H3;1H. The van der Waals surface area contributed by atoms with E-state index >= 15 is 0 Å². The van der Waals surface area contributed by atoms with Gasteiger partial charge in [-0.2, -0.15) is 0 Å². The second-order valence-electron chi connectivity index (χ2n) is 5.22. The molecule has 0 fully saturated rings. The van der Waals surface area contributed by atoms with E-state index in [9.17, 15) is 0 Å². The highest BCUT2D eigenvalue weighted by atomic mass is 28.4. The molecule has 0 aromatic rings. The minimum Gasteiger partial charge on any atom is -0.395 e. The molecule has 0 heterocycles. The summed E-state index contributed by atoms with van der Waals surface area (Å²) in [4.78, 5) is 0. The van der Waals surface area contributed by atoms with E-state index in [1.807, 2.05) is 0 Å². The van der Waals surface area contributed by atoms with Gasteiger partial charge in [-0.25, -0.2) is 0 Å². The van der Waals surface area contributed by atoms with Crippen LogP contribution in [0.1, 0.15) is 72.1 Å². The minimum absolute atomic E-state index is 0. The molecule has 0 saturated heterocycles. The number of unbranched alkanes of at least 4 members (excludes halogenated alkanes) is 7. The smallest absolute Gasteiger partial charge is 0.334 e. The average molecular weight is 295 g/mol. The number of hydrogen-bond donors (Lipinski definition) is 0. The Balaban J connectivity index is 0. The molecule has 0 rings (SSSR count). The van der Waals surface area contributed by atoms with Crippen LogP contribution < -0.4 is 0 Å². The molecule has 0 spiro atoms. The van der Waals surface area contributed by atoms with Crippen molar-refractivity contribution in [2.75, 3.05) is 13.2 Å². The van der Waals surface area contributed by atoms with Gasteiger partial charge in [-0.15, -0.1) is 0 Å². The lowest BCUT2D eigenvalue weighted by Crippen LogP contribution is -2.38. The molecule has 19 heavy (non-hydrogen) atoms. The normalized spacial score (nSPS) is 11.4. The van der Waals surface area contributed by atoms with Crippen molar-refractivity contribution in [2.24, 2.45) is 0 Å². The molecule has 118 valence electrons. The second-order valence-corrected chi connectivity index (χ2v) is 8.57. The molecule has 2 nitrogen and oxygen atoms in total. The SMILES string of the molecule is CCCCCCCCCC[Si](C)(OCC)OCC.F. The fourth-order valence-corrected chi connectivity index (χ4v) is 4.86. The van der Waals surface area contributed by atoms with Crippen LogP contribution in [0.2, 0.25) is 12.6 Å². The number of hydrogen-bond acceptors (Lipinski definition) is 2. The van der Waals surface area contributed by atoms with E-state index in [4.69, 9.17) is 8.85 Å². The average Bonchev–Trinajstić information content (AvgIpc) is 2.33. The molecule has 0 aromatic heterocycles. The van der Waals surface area contributed by atoms with Gasteiger partial charge < -0.3 is 8.85 Å². The molecular weight excluding hydrogens is 259 g/mol. The van der Waals surface area contributed by atoms with Crippen molar-refractivity contribution in [1.29, 1.82) is 0 Å². The molecule has 0 aliphatic heterocycles. The van der Waals surface area contributed by atoms with E-state index in [1.165, 1.54) is 51.4 Å². The van der Waals surface area contributed by atoms with Crippen molar-refractivity contribution in [3.63, 3.8) is 0 Å². The van der Waals surface area contributed by atoms with Gasteiger partial charge >= 0.3 is 8.56 Å². The van der Waals surface area contributed by atoms with Crippen LogP contribution >= 0.6 is 0 Å². The van der Waals surface area contributed by atoms with Crippen LogP contribution in [0, 0.1) is 0 Å². The molecule has 0 aliphatic rings. The quantitative estimate of drug-likeness (QED) is 0.333. The van der Waals surface area contributed by atoms with Crippen molar-refractivity contribution in [1.82, 2.24) is 0 Å². The molecule has 0 atom stereocenters. The van der Waals surface area contributed by atoms with Crippen LogP contribution in [0.4, 0.5) is 4.70 Å². The van der Waals surface area contributed by atoms with E-state index in [0.29, 0.717) is 0 Å². The highest BCUT2D eigenvalue weighted by Crippen LogP contribution is 2.19. The Morgan fingerprint density at radius 1 is 0.684 bits per heavy atom. The first-order valence-corrected chi connectivity index (χ1v) is 10.5. The predicted molar refractivity (Wildman–Crippen MR) is 84.8 cm³/mol. The van der Waals surface area contributed by atoms with E-state index in [1.54, 1.807) is 0 Å². The van der Waals surface area contributed by atoms with Gasteiger partial charge in [-0.05, 0) is 26.4 Å². The van der Waals surface area contributed by atoms with Crippen LogP contribution in [-0.2, 0) is 8.85 Å². The van der Waals surface area contributed by atoms with Crippen LogP contribution in [0.15, 0.2) is 0 Å². The van der Waals surface area contributed by atoms with E-state index in [0.717, 1.165) is 19.3 Å². The Labute approximate surface area is 120 Å². The summed E-state index contributed by atoms with van der Waals surface area (Å²) >= 11 is 0. The number of halogens is 1. The Hall–Kier alpha value is 0.0669. The van der Waals surface area contributed by atoms with Crippen LogP contribution in [0.3, 0.4) is 0 Å². The number of rotatable bonds is 13. The van der Waals surface area contributed by atoms with Gasteiger partial charge in [0.25, 0.3) is 0 Å². The third-order valence-electron chi connectivity index (χ3n) is 3.38. The maximum Gasteiger partial charge on any atom is 0.334 e.